The fraction of sp³-hybridized carbons (Fsp3) is 0.457. The van der Waals surface area contributed by atoms with Crippen molar-refractivity contribution < 1.29 is 14.6 Å². The lowest BCUT2D eigenvalue weighted by Gasteiger charge is -2.47. The second kappa shape index (κ2) is 10.9. The summed E-state index contributed by atoms with van der Waals surface area (Å²) in [6, 6.07) is 26.7. The van der Waals surface area contributed by atoms with Gasteiger partial charge in [-0.1, -0.05) is 60.7 Å². The zero-order valence-corrected chi connectivity index (χ0v) is 24.1. The Labute approximate surface area is 238 Å². The van der Waals surface area contributed by atoms with Gasteiger partial charge in [0.1, 0.15) is 11.4 Å². The first-order chi connectivity index (χ1) is 19.2. The number of hydrogen-bond donors (Lipinski definition) is 1. The molecule has 0 radical (unpaired) electrons. The van der Waals surface area contributed by atoms with Crippen LogP contribution in [0.5, 0.6) is 5.75 Å². The van der Waals surface area contributed by atoms with Crippen LogP contribution in [0, 0.1) is 0 Å². The molecule has 6 rings (SSSR count). The van der Waals surface area contributed by atoms with Crippen LogP contribution in [0.4, 0.5) is 4.79 Å². The van der Waals surface area contributed by atoms with Crippen LogP contribution in [-0.2, 0) is 11.2 Å². The average Bonchev–Trinajstić information content (AvgIpc) is 2.91. The number of phenols is 1. The van der Waals surface area contributed by atoms with Gasteiger partial charge < -0.3 is 14.7 Å². The van der Waals surface area contributed by atoms with Crippen molar-refractivity contribution in [2.45, 2.75) is 75.9 Å². The van der Waals surface area contributed by atoms with Crippen molar-refractivity contribution in [3.63, 3.8) is 0 Å². The number of phenolic OH excluding ortho intramolecular Hbond substituents is 1. The van der Waals surface area contributed by atoms with Crippen LogP contribution in [0.3, 0.4) is 0 Å². The average molecular weight is 539 g/mol. The van der Waals surface area contributed by atoms with E-state index in [-0.39, 0.29) is 12.0 Å². The van der Waals surface area contributed by atoms with Crippen LogP contribution in [0.1, 0.15) is 85.6 Å². The molecular formula is C35H42N2O3. The second-order valence-corrected chi connectivity index (χ2v) is 12.9. The van der Waals surface area contributed by atoms with Crippen molar-refractivity contribution in [2.24, 2.45) is 0 Å². The summed E-state index contributed by atoms with van der Waals surface area (Å²) in [5.41, 5.74) is 6.37. The molecule has 2 heterocycles. The van der Waals surface area contributed by atoms with E-state index in [9.17, 15) is 9.90 Å². The van der Waals surface area contributed by atoms with E-state index in [0.717, 1.165) is 51.9 Å². The topological polar surface area (TPSA) is 53.0 Å². The third kappa shape index (κ3) is 5.62. The Morgan fingerprint density at radius 2 is 1.52 bits per heavy atom. The quantitative estimate of drug-likeness (QED) is 0.387. The third-order valence-corrected chi connectivity index (χ3v) is 9.14. The van der Waals surface area contributed by atoms with Gasteiger partial charge in [-0.3, -0.25) is 4.90 Å². The molecule has 2 aliphatic heterocycles. The molecule has 0 bridgehead atoms. The first-order valence-corrected chi connectivity index (χ1v) is 14.9. The van der Waals surface area contributed by atoms with Crippen molar-refractivity contribution in [2.75, 3.05) is 26.2 Å². The number of carbonyl (C=O) groups is 1. The molecule has 5 nitrogen and oxygen atoms in total. The van der Waals surface area contributed by atoms with Crippen molar-refractivity contribution in [1.29, 1.82) is 0 Å². The molecule has 1 aliphatic carbocycles. The van der Waals surface area contributed by atoms with Crippen molar-refractivity contribution in [3.05, 3.63) is 101 Å². The molecule has 40 heavy (non-hydrogen) atoms. The van der Waals surface area contributed by atoms with Crippen LogP contribution in [0.25, 0.3) is 0 Å². The van der Waals surface area contributed by atoms with E-state index < -0.39 is 5.60 Å². The Kier molecular flexibility index (Phi) is 7.35. The highest BCUT2D eigenvalue weighted by Gasteiger charge is 2.38. The maximum Gasteiger partial charge on any atom is 0.410 e. The molecule has 5 heteroatoms. The first-order valence-electron chi connectivity index (χ1n) is 14.9. The van der Waals surface area contributed by atoms with Gasteiger partial charge in [-0.2, -0.15) is 0 Å². The SMILES string of the molecule is CC(C)(C)OC(=O)N1CC(N2CCC(c3ccc(C4c5ccc(O)cc5CCC4c4ccccc4)cc3)CC2)C1. The Bertz CT molecular complexity index is 1320. The predicted octanol–water partition coefficient (Wildman–Crippen LogP) is 7.05. The smallest absolute Gasteiger partial charge is 0.410 e. The van der Waals surface area contributed by atoms with Gasteiger partial charge in [-0.05, 0) is 111 Å². The number of aromatic hydroxyl groups is 1. The normalized spacial score (nSPS) is 22.4. The summed E-state index contributed by atoms with van der Waals surface area (Å²) in [4.78, 5) is 16.7. The lowest BCUT2D eigenvalue weighted by molar-refractivity contribution is -0.0196. The van der Waals surface area contributed by atoms with Gasteiger partial charge in [0.05, 0.1) is 0 Å². The fourth-order valence-corrected chi connectivity index (χ4v) is 7.01. The van der Waals surface area contributed by atoms with E-state index in [1.54, 1.807) is 0 Å². The standard InChI is InChI=1S/C35H42N2O3/c1-35(2,3)40-34(39)37-22-29(23-37)36-19-17-25(18-20-36)24-9-11-27(12-10-24)33-31(26-7-5-4-6-8-26)15-13-28-21-30(38)14-16-32(28)33/h4-12,14,16,21,25,29,31,33,38H,13,15,17-20,22-23H2,1-3H3. The van der Waals surface area contributed by atoms with Gasteiger partial charge >= 0.3 is 6.09 Å². The number of ether oxygens (including phenoxy) is 1. The summed E-state index contributed by atoms with van der Waals surface area (Å²) < 4.78 is 5.52. The Morgan fingerprint density at radius 3 is 2.20 bits per heavy atom. The number of rotatable bonds is 4. The number of hydrogen-bond acceptors (Lipinski definition) is 4. The van der Waals surface area contributed by atoms with Gasteiger partial charge in [0.15, 0.2) is 0 Å². The number of likely N-dealkylation sites (tertiary alicyclic amines) is 2. The zero-order chi connectivity index (χ0) is 27.9. The molecule has 2 fully saturated rings. The molecule has 3 aromatic carbocycles. The monoisotopic (exact) mass is 538 g/mol. The van der Waals surface area contributed by atoms with Crippen LogP contribution >= 0.6 is 0 Å². The molecule has 2 saturated heterocycles. The lowest BCUT2D eigenvalue weighted by Crippen LogP contribution is -2.62. The van der Waals surface area contributed by atoms with Gasteiger partial charge in [0.2, 0.25) is 0 Å². The minimum Gasteiger partial charge on any atom is -0.508 e. The highest BCUT2D eigenvalue weighted by molar-refractivity contribution is 5.69. The summed E-state index contributed by atoms with van der Waals surface area (Å²) in [7, 11) is 0. The molecule has 0 aromatic heterocycles. The number of nitrogens with zero attached hydrogens (tertiary/aromatic N) is 2. The third-order valence-electron chi connectivity index (χ3n) is 9.14. The van der Waals surface area contributed by atoms with E-state index in [1.807, 2.05) is 37.8 Å². The van der Waals surface area contributed by atoms with Crippen LogP contribution in [0.2, 0.25) is 0 Å². The number of amides is 1. The fourth-order valence-electron chi connectivity index (χ4n) is 7.01. The van der Waals surface area contributed by atoms with E-state index in [0.29, 0.717) is 23.6 Å². The molecule has 0 saturated carbocycles. The predicted molar refractivity (Wildman–Crippen MR) is 159 cm³/mol. The minimum absolute atomic E-state index is 0.189. The number of carbonyl (C=O) groups excluding carboxylic acids is 1. The van der Waals surface area contributed by atoms with Crippen molar-refractivity contribution in [3.8, 4) is 5.75 Å². The highest BCUT2D eigenvalue weighted by atomic mass is 16.6. The Morgan fingerprint density at radius 1 is 0.850 bits per heavy atom. The summed E-state index contributed by atoms with van der Waals surface area (Å²) in [5.74, 6) is 1.65. The molecule has 1 N–H and O–H groups in total. The van der Waals surface area contributed by atoms with Gasteiger partial charge in [-0.25, -0.2) is 4.79 Å². The minimum atomic E-state index is -0.443. The molecule has 3 aliphatic rings. The zero-order valence-electron chi connectivity index (χ0n) is 24.1. The molecule has 2 unspecified atom stereocenters. The largest absolute Gasteiger partial charge is 0.508 e. The summed E-state index contributed by atoms with van der Waals surface area (Å²) >= 11 is 0. The molecule has 0 spiro atoms. The van der Waals surface area contributed by atoms with Gasteiger partial charge in [0.25, 0.3) is 0 Å². The Balaban J connectivity index is 1.11. The maximum atomic E-state index is 12.3. The summed E-state index contributed by atoms with van der Waals surface area (Å²) in [6.07, 6.45) is 4.19. The number of fused-ring (bicyclic) bond motifs is 1. The van der Waals surface area contributed by atoms with Gasteiger partial charge in [-0.15, -0.1) is 0 Å². The number of benzene rings is 3. The van der Waals surface area contributed by atoms with Crippen molar-refractivity contribution >= 4 is 6.09 Å². The van der Waals surface area contributed by atoms with E-state index in [1.165, 1.54) is 27.8 Å². The van der Waals surface area contributed by atoms with Crippen LogP contribution in [0.15, 0.2) is 72.8 Å². The van der Waals surface area contributed by atoms with Crippen molar-refractivity contribution in [1.82, 2.24) is 9.80 Å². The first kappa shape index (κ1) is 26.9. The van der Waals surface area contributed by atoms with E-state index in [4.69, 9.17) is 4.74 Å². The molecule has 1 amide bonds. The number of aryl methyl sites for hydroxylation is 1. The highest BCUT2D eigenvalue weighted by Crippen LogP contribution is 2.47. The molecule has 210 valence electrons. The molecule has 2 atom stereocenters. The maximum absolute atomic E-state index is 12.3. The lowest BCUT2D eigenvalue weighted by atomic mass is 9.69. The number of piperidine rings is 1. The molecule has 3 aromatic rings. The van der Waals surface area contributed by atoms with Gasteiger partial charge in [0, 0.05) is 25.0 Å². The summed E-state index contributed by atoms with van der Waals surface area (Å²) in [6.45, 7) is 9.46. The van der Waals surface area contributed by atoms with E-state index >= 15 is 0 Å². The molecular weight excluding hydrogens is 496 g/mol. The second-order valence-electron chi connectivity index (χ2n) is 12.9. The summed E-state index contributed by atoms with van der Waals surface area (Å²) in [5, 5.41) is 10.1. The van der Waals surface area contributed by atoms with Crippen LogP contribution in [-0.4, -0.2) is 58.8 Å². The Hall–Kier alpha value is -3.31. The van der Waals surface area contributed by atoms with Crippen LogP contribution < -0.4 is 0 Å². The van der Waals surface area contributed by atoms with E-state index in [2.05, 4.69) is 65.6 Å².